The number of carbonyl (C=O) groups excluding carboxylic acids is 1. The van der Waals surface area contributed by atoms with Gasteiger partial charge in [0.15, 0.2) is 0 Å². The van der Waals surface area contributed by atoms with Gasteiger partial charge in [-0.3, -0.25) is 0 Å². The number of carbonyl (C=O) groups is 2. The lowest BCUT2D eigenvalue weighted by atomic mass is 10.2. The molecule has 2 N–H and O–H groups in total. The van der Waals surface area contributed by atoms with Gasteiger partial charge in [0.2, 0.25) is 0 Å². The molecule has 1 aromatic carbocycles. The van der Waals surface area contributed by atoms with Crippen LogP contribution < -0.4 is 5.32 Å². The van der Waals surface area contributed by atoms with Crippen molar-refractivity contribution < 1.29 is 23.8 Å². The van der Waals surface area contributed by atoms with Crippen molar-refractivity contribution in [3.8, 4) is 0 Å². The second-order valence-corrected chi connectivity index (χ2v) is 3.98. The molecule has 0 saturated carbocycles. The molecule has 0 bridgehead atoms. The number of benzene rings is 1. The summed E-state index contributed by atoms with van der Waals surface area (Å²) in [5.74, 6) is -0.928. The van der Waals surface area contributed by atoms with Crippen LogP contribution in [-0.2, 0) is 17.9 Å². The first kappa shape index (κ1) is 13.7. The summed E-state index contributed by atoms with van der Waals surface area (Å²) in [6.45, 7) is 0.110. The summed E-state index contributed by atoms with van der Waals surface area (Å²) in [6.07, 6.45) is 0.622. The van der Waals surface area contributed by atoms with E-state index >= 15 is 0 Å². The van der Waals surface area contributed by atoms with Gasteiger partial charge in [0.25, 0.3) is 0 Å². The van der Waals surface area contributed by atoms with Crippen LogP contribution in [0, 0.1) is 0 Å². The van der Waals surface area contributed by atoms with Crippen molar-refractivity contribution in [2.75, 3.05) is 0 Å². The highest BCUT2D eigenvalue weighted by Gasteiger charge is 2.14. The molecule has 1 aromatic heterocycles. The van der Waals surface area contributed by atoms with E-state index in [9.17, 15) is 9.59 Å². The second kappa shape index (κ2) is 6.42. The predicted octanol–water partition coefficient (Wildman–Crippen LogP) is 2.40. The van der Waals surface area contributed by atoms with Crippen molar-refractivity contribution in [3.05, 3.63) is 59.5 Å². The Morgan fingerprint density at radius 2 is 1.95 bits per heavy atom. The van der Waals surface area contributed by atoms with E-state index in [0.717, 1.165) is 5.56 Å². The zero-order chi connectivity index (χ0) is 14.4. The van der Waals surface area contributed by atoms with Gasteiger partial charge in [0, 0.05) is 0 Å². The van der Waals surface area contributed by atoms with E-state index in [0.29, 0.717) is 0 Å². The van der Waals surface area contributed by atoms with Crippen LogP contribution in [0.5, 0.6) is 0 Å². The van der Waals surface area contributed by atoms with Crippen LogP contribution in [0.25, 0.3) is 0 Å². The molecular formula is C14H13NO5. The molecular weight excluding hydrogens is 262 g/mol. The molecule has 0 radical (unpaired) electrons. The van der Waals surface area contributed by atoms with Gasteiger partial charge >= 0.3 is 12.1 Å². The Hall–Kier alpha value is -2.76. The topological polar surface area (TPSA) is 88.8 Å². The maximum Gasteiger partial charge on any atom is 0.407 e. The van der Waals surface area contributed by atoms with Crippen LogP contribution in [-0.4, -0.2) is 17.2 Å². The highest BCUT2D eigenvalue weighted by atomic mass is 16.5. The fourth-order valence-electron chi connectivity index (χ4n) is 1.59. The number of hydrogen-bond donors (Lipinski definition) is 2. The van der Waals surface area contributed by atoms with Crippen molar-refractivity contribution in [1.29, 1.82) is 0 Å². The van der Waals surface area contributed by atoms with Crippen molar-refractivity contribution in [3.63, 3.8) is 0 Å². The molecule has 0 fully saturated rings. The minimum atomic E-state index is -1.10. The number of amides is 1. The summed E-state index contributed by atoms with van der Waals surface area (Å²) < 4.78 is 9.98. The number of nitrogens with one attached hydrogen (secondary N) is 1. The molecule has 0 aliphatic carbocycles. The average molecular weight is 275 g/mol. The van der Waals surface area contributed by atoms with E-state index in [-0.39, 0.29) is 24.5 Å². The third kappa shape index (κ3) is 3.61. The number of rotatable bonds is 5. The Bertz CT molecular complexity index is 591. The molecule has 0 spiro atoms. The van der Waals surface area contributed by atoms with E-state index in [2.05, 4.69) is 5.32 Å². The lowest BCUT2D eigenvalue weighted by Crippen LogP contribution is -2.24. The molecule has 2 rings (SSSR count). The molecule has 20 heavy (non-hydrogen) atoms. The number of ether oxygens (including phenoxy) is 1. The van der Waals surface area contributed by atoms with Crippen LogP contribution in [0.1, 0.15) is 21.7 Å². The van der Waals surface area contributed by atoms with Gasteiger partial charge in [-0.25, -0.2) is 9.59 Å². The average Bonchev–Trinajstić information content (AvgIpc) is 2.92. The number of carboxylic acids is 1. The van der Waals surface area contributed by atoms with Crippen molar-refractivity contribution in [2.45, 2.75) is 13.2 Å². The standard InChI is InChI=1S/C14H13NO5/c16-13(17)11-6-7-19-12(11)8-15-14(18)20-9-10-4-2-1-3-5-10/h1-7H,8-9H2,(H,15,18)(H,16,17). The molecule has 6 heteroatoms. The van der Waals surface area contributed by atoms with E-state index in [1.54, 1.807) is 0 Å². The van der Waals surface area contributed by atoms with E-state index < -0.39 is 12.1 Å². The lowest BCUT2D eigenvalue weighted by Gasteiger charge is -2.06. The minimum absolute atomic E-state index is 0.0216. The highest BCUT2D eigenvalue weighted by molar-refractivity contribution is 5.88. The molecule has 0 aliphatic heterocycles. The van der Waals surface area contributed by atoms with E-state index in [4.69, 9.17) is 14.3 Å². The van der Waals surface area contributed by atoms with Gasteiger partial charge in [-0.1, -0.05) is 30.3 Å². The highest BCUT2D eigenvalue weighted by Crippen LogP contribution is 2.10. The maximum absolute atomic E-state index is 11.5. The van der Waals surface area contributed by atoms with Crippen LogP contribution in [0.2, 0.25) is 0 Å². The fraction of sp³-hybridized carbons (Fsp3) is 0.143. The van der Waals surface area contributed by atoms with Gasteiger partial charge in [-0.05, 0) is 11.6 Å². The van der Waals surface area contributed by atoms with Gasteiger partial charge < -0.3 is 19.6 Å². The van der Waals surface area contributed by atoms with Crippen LogP contribution in [0.4, 0.5) is 4.79 Å². The first-order valence-corrected chi connectivity index (χ1v) is 5.91. The van der Waals surface area contributed by atoms with Gasteiger partial charge in [-0.15, -0.1) is 0 Å². The molecule has 0 saturated heterocycles. The minimum Gasteiger partial charge on any atom is -0.478 e. The summed E-state index contributed by atoms with van der Waals surface area (Å²) >= 11 is 0. The zero-order valence-electron chi connectivity index (χ0n) is 10.5. The van der Waals surface area contributed by atoms with Crippen molar-refractivity contribution in [2.24, 2.45) is 0 Å². The number of carboxylic acid groups (broad SMARTS) is 1. The van der Waals surface area contributed by atoms with Gasteiger partial charge in [-0.2, -0.15) is 0 Å². The summed E-state index contributed by atoms with van der Waals surface area (Å²) in [7, 11) is 0. The first-order chi connectivity index (χ1) is 9.66. The fourth-order valence-corrected chi connectivity index (χ4v) is 1.59. The quantitative estimate of drug-likeness (QED) is 0.874. The Kier molecular flexibility index (Phi) is 4.39. The zero-order valence-corrected chi connectivity index (χ0v) is 10.5. The number of aromatic carboxylic acids is 1. The number of alkyl carbamates (subject to hydrolysis) is 1. The Morgan fingerprint density at radius 3 is 2.65 bits per heavy atom. The molecule has 0 aliphatic rings. The van der Waals surface area contributed by atoms with Crippen LogP contribution in [0.3, 0.4) is 0 Å². The molecule has 6 nitrogen and oxygen atoms in total. The van der Waals surface area contributed by atoms with Crippen LogP contribution in [0.15, 0.2) is 47.1 Å². The van der Waals surface area contributed by atoms with Crippen LogP contribution >= 0.6 is 0 Å². The second-order valence-electron chi connectivity index (χ2n) is 3.98. The summed E-state index contributed by atoms with van der Waals surface area (Å²) in [5.41, 5.74) is 0.889. The van der Waals surface area contributed by atoms with Gasteiger partial charge in [0.05, 0.1) is 12.8 Å². The lowest BCUT2D eigenvalue weighted by molar-refractivity contribution is 0.0693. The summed E-state index contributed by atoms with van der Waals surface area (Å²) in [6, 6.07) is 10.6. The molecule has 1 heterocycles. The van der Waals surface area contributed by atoms with E-state index in [1.807, 2.05) is 30.3 Å². The summed E-state index contributed by atoms with van der Waals surface area (Å²) in [4.78, 5) is 22.3. The third-order valence-electron chi connectivity index (χ3n) is 2.58. The number of hydrogen-bond acceptors (Lipinski definition) is 4. The van der Waals surface area contributed by atoms with E-state index in [1.165, 1.54) is 12.3 Å². The van der Waals surface area contributed by atoms with Gasteiger partial charge in [0.1, 0.15) is 17.9 Å². The number of furan rings is 1. The normalized spacial score (nSPS) is 10.0. The smallest absolute Gasteiger partial charge is 0.407 e. The molecule has 0 atom stereocenters. The maximum atomic E-state index is 11.5. The van der Waals surface area contributed by atoms with Crippen molar-refractivity contribution in [1.82, 2.24) is 5.32 Å². The SMILES string of the molecule is O=C(NCc1occc1C(=O)O)OCc1ccccc1. The molecule has 0 unspecified atom stereocenters. The Morgan fingerprint density at radius 1 is 1.20 bits per heavy atom. The third-order valence-corrected chi connectivity index (χ3v) is 2.58. The predicted molar refractivity (Wildman–Crippen MR) is 69.1 cm³/mol. The monoisotopic (exact) mass is 275 g/mol. The largest absolute Gasteiger partial charge is 0.478 e. The van der Waals surface area contributed by atoms with Crippen molar-refractivity contribution >= 4 is 12.1 Å². The Balaban J connectivity index is 1.80. The summed E-state index contributed by atoms with van der Waals surface area (Å²) in [5, 5.41) is 11.3. The molecule has 2 aromatic rings. The molecule has 1 amide bonds. The molecule has 104 valence electrons. The first-order valence-electron chi connectivity index (χ1n) is 5.91. The Labute approximate surface area is 115 Å².